The molecule has 0 bridgehead atoms. The zero-order valence-electron chi connectivity index (χ0n) is 11.0. The largest absolute Gasteiger partial charge is 0.481 e. The summed E-state index contributed by atoms with van der Waals surface area (Å²) in [6.45, 7) is 2.16. The highest BCUT2D eigenvalue weighted by molar-refractivity contribution is 6.30. The molecule has 1 heterocycles. The minimum absolute atomic E-state index is 0.170. The zero-order valence-corrected chi connectivity index (χ0v) is 11.8. The first-order chi connectivity index (χ1) is 9.65. The maximum Gasteiger partial charge on any atom is 0.261 e. The van der Waals surface area contributed by atoms with Crippen molar-refractivity contribution in [2.75, 3.05) is 0 Å². The summed E-state index contributed by atoms with van der Waals surface area (Å²) in [5.74, 6) is 0.442. The molecule has 0 spiro atoms. The summed E-state index contributed by atoms with van der Waals surface area (Å²) in [7, 11) is 0. The fraction of sp³-hybridized carbons (Fsp3) is 0.200. The lowest BCUT2D eigenvalue weighted by Crippen LogP contribution is -2.35. The van der Waals surface area contributed by atoms with Gasteiger partial charge in [0.2, 0.25) is 0 Å². The van der Waals surface area contributed by atoms with Gasteiger partial charge < -0.3 is 10.1 Å². The second-order valence-corrected chi connectivity index (χ2v) is 4.72. The Morgan fingerprint density at radius 3 is 2.55 bits per heavy atom. The molecule has 104 valence electrons. The zero-order chi connectivity index (χ0) is 14.4. The molecule has 0 saturated carbocycles. The minimum atomic E-state index is -0.571. The number of pyridine rings is 1. The van der Waals surface area contributed by atoms with E-state index in [-0.39, 0.29) is 5.91 Å². The van der Waals surface area contributed by atoms with Crippen LogP contribution in [0.2, 0.25) is 5.02 Å². The molecule has 1 amide bonds. The van der Waals surface area contributed by atoms with Gasteiger partial charge in [0.15, 0.2) is 6.10 Å². The first-order valence-electron chi connectivity index (χ1n) is 6.24. The second kappa shape index (κ2) is 6.91. The van der Waals surface area contributed by atoms with E-state index in [1.54, 1.807) is 43.6 Å². The van der Waals surface area contributed by atoms with Crippen LogP contribution in [0.4, 0.5) is 0 Å². The maximum atomic E-state index is 11.9. The van der Waals surface area contributed by atoms with Crippen LogP contribution < -0.4 is 10.1 Å². The van der Waals surface area contributed by atoms with Gasteiger partial charge in [-0.2, -0.15) is 0 Å². The monoisotopic (exact) mass is 290 g/mol. The predicted molar refractivity (Wildman–Crippen MR) is 77.6 cm³/mol. The van der Waals surface area contributed by atoms with Crippen LogP contribution in [0.5, 0.6) is 5.75 Å². The van der Waals surface area contributed by atoms with Crippen molar-refractivity contribution in [2.24, 2.45) is 0 Å². The summed E-state index contributed by atoms with van der Waals surface area (Å²) in [4.78, 5) is 15.8. The van der Waals surface area contributed by atoms with E-state index < -0.39 is 6.10 Å². The number of amides is 1. The number of benzene rings is 1. The third kappa shape index (κ3) is 4.24. The Bertz CT molecular complexity index is 558. The molecule has 0 unspecified atom stereocenters. The Kier molecular flexibility index (Phi) is 4.96. The molecule has 0 aliphatic carbocycles. The van der Waals surface area contributed by atoms with Gasteiger partial charge in [-0.1, -0.05) is 11.6 Å². The molecule has 4 nitrogen and oxygen atoms in total. The van der Waals surface area contributed by atoms with Gasteiger partial charge in [-0.15, -0.1) is 0 Å². The lowest BCUT2D eigenvalue weighted by atomic mass is 10.2. The molecule has 5 heteroatoms. The smallest absolute Gasteiger partial charge is 0.261 e. The quantitative estimate of drug-likeness (QED) is 0.921. The predicted octanol–water partition coefficient (Wildman–Crippen LogP) is 2.82. The van der Waals surface area contributed by atoms with Gasteiger partial charge in [-0.05, 0) is 48.9 Å². The van der Waals surface area contributed by atoms with Crippen molar-refractivity contribution in [1.82, 2.24) is 10.3 Å². The van der Waals surface area contributed by atoms with E-state index in [1.807, 2.05) is 12.1 Å². The standard InChI is InChI=1S/C15H15ClN2O2/c1-11(20-14-4-2-13(16)3-5-14)15(19)18-10-12-6-8-17-9-7-12/h2-9,11H,10H2,1H3,(H,18,19)/t11-/m1/s1. The lowest BCUT2D eigenvalue weighted by Gasteiger charge is -2.14. The van der Waals surface area contributed by atoms with E-state index in [0.717, 1.165) is 5.56 Å². The molecule has 0 radical (unpaired) electrons. The number of aromatic nitrogens is 1. The van der Waals surface area contributed by atoms with Gasteiger partial charge in [-0.3, -0.25) is 9.78 Å². The van der Waals surface area contributed by atoms with E-state index in [1.165, 1.54) is 0 Å². The Labute approximate surface area is 122 Å². The fourth-order valence-corrected chi connectivity index (χ4v) is 1.73. The summed E-state index contributed by atoms with van der Waals surface area (Å²) in [6, 6.07) is 10.6. The Morgan fingerprint density at radius 2 is 1.90 bits per heavy atom. The van der Waals surface area contributed by atoms with Gasteiger partial charge in [0.1, 0.15) is 5.75 Å². The highest BCUT2D eigenvalue weighted by atomic mass is 35.5. The highest BCUT2D eigenvalue weighted by Gasteiger charge is 2.14. The van der Waals surface area contributed by atoms with Crippen molar-refractivity contribution in [3.8, 4) is 5.75 Å². The number of carbonyl (C=O) groups excluding carboxylic acids is 1. The van der Waals surface area contributed by atoms with Crippen molar-refractivity contribution >= 4 is 17.5 Å². The van der Waals surface area contributed by atoms with E-state index in [9.17, 15) is 4.79 Å². The van der Waals surface area contributed by atoms with Crippen molar-refractivity contribution in [2.45, 2.75) is 19.6 Å². The number of rotatable bonds is 5. The van der Waals surface area contributed by atoms with Crippen molar-refractivity contribution in [3.63, 3.8) is 0 Å². The number of nitrogens with one attached hydrogen (secondary N) is 1. The van der Waals surface area contributed by atoms with Gasteiger partial charge in [0, 0.05) is 24.0 Å². The molecule has 1 aromatic carbocycles. The van der Waals surface area contributed by atoms with Crippen LogP contribution in [-0.2, 0) is 11.3 Å². The van der Waals surface area contributed by atoms with Crippen LogP contribution in [-0.4, -0.2) is 17.0 Å². The number of halogens is 1. The summed E-state index contributed by atoms with van der Waals surface area (Å²) in [5, 5.41) is 3.44. The van der Waals surface area contributed by atoms with Crippen LogP contribution in [0.15, 0.2) is 48.8 Å². The van der Waals surface area contributed by atoms with Crippen LogP contribution in [0.1, 0.15) is 12.5 Å². The van der Waals surface area contributed by atoms with E-state index in [4.69, 9.17) is 16.3 Å². The molecule has 0 fully saturated rings. The van der Waals surface area contributed by atoms with E-state index in [0.29, 0.717) is 17.3 Å². The Balaban J connectivity index is 1.84. The van der Waals surface area contributed by atoms with Gasteiger partial charge >= 0.3 is 0 Å². The lowest BCUT2D eigenvalue weighted by molar-refractivity contribution is -0.127. The second-order valence-electron chi connectivity index (χ2n) is 4.29. The first kappa shape index (κ1) is 14.3. The number of hydrogen-bond acceptors (Lipinski definition) is 3. The topological polar surface area (TPSA) is 51.2 Å². The first-order valence-corrected chi connectivity index (χ1v) is 6.62. The van der Waals surface area contributed by atoms with Crippen LogP contribution in [0.3, 0.4) is 0 Å². The average Bonchev–Trinajstić information content (AvgIpc) is 2.48. The average molecular weight is 291 g/mol. The number of ether oxygens (including phenoxy) is 1. The Hall–Kier alpha value is -2.07. The summed E-state index contributed by atoms with van der Waals surface area (Å²) in [5.41, 5.74) is 0.993. The molecular weight excluding hydrogens is 276 g/mol. The van der Waals surface area contributed by atoms with Gasteiger partial charge in [-0.25, -0.2) is 0 Å². The molecule has 2 rings (SSSR count). The van der Waals surface area contributed by atoms with E-state index >= 15 is 0 Å². The molecule has 0 saturated heterocycles. The van der Waals surface area contributed by atoms with Crippen molar-refractivity contribution < 1.29 is 9.53 Å². The van der Waals surface area contributed by atoms with Gasteiger partial charge in [0.25, 0.3) is 5.91 Å². The molecule has 0 aliphatic rings. The van der Waals surface area contributed by atoms with Crippen LogP contribution in [0, 0.1) is 0 Å². The molecule has 1 aromatic heterocycles. The van der Waals surface area contributed by atoms with Crippen LogP contribution in [0.25, 0.3) is 0 Å². The minimum Gasteiger partial charge on any atom is -0.481 e. The van der Waals surface area contributed by atoms with Crippen molar-refractivity contribution in [1.29, 1.82) is 0 Å². The third-order valence-electron chi connectivity index (χ3n) is 2.71. The molecule has 2 aromatic rings. The maximum absolute atomic E-state index is 11.9. The molecule has 1 atom stereocenters. The van der Waals surface area contributed by atoms with Gasteiger partial charge in [0.05, 0.1) is 0 Å². The highest BCUT2D eigenvalue weighted by Crippen LogP contribution is 2.16. The fourth-order valence-electron chi connectivity index (χ4n) is 1.60. The summed E-state index contributed by atoms with van der Waals surface area (Å²) < 4.78 is 5.54. The van der Waals surface area contributed by atoms with Crippen LogP contribution >= 0.6 is 11.6 Å². The molecule has 20 heavy (non-hydrogen) atoms. The molecule has 1 N–H and O–H groups in total. The number of hydrogen-bond donors (Lipinski definition) is 1. The molecular formula is C15H15ClN2O2. The third-order valence-corrected chi connectivity index (χ3v) is 2.96. The molecule has 0 aliphatic heterocycles. The summed E-state index contributed by atoms with van der Waals surface area (Å²) in [6.07, 6.45) is 2.81. The van der Waals surface area contributed by atoms with E-state index in [2.05, 4.69) is 10.3 Å². The summed E-state index contributed by atoms with van der Waals surface area (Å²) >= 11 is 5.79. The Morgan fingerprint density at radius 1 is 1.25 bits per heavy atom. The normalized spacial score (nSPS) is 11.7. The van der Waals surface area contributed by atoms with Crippen molar-refractivity contribution in [3.05, 3.63) is 59.4 Å². The number of carbonyl (C=O) groups is 1. The number of nitrogens with zero attached hydrogens (tertiary/aromatic N) is 1. The SMILES string of the molecule is C[C@@H](Oc1ccc(Cl)cc1)C(=O)NCc1ccncc1.